The Hall–Kier alpha value is -1.59. The van der Waals surface area contributed by atoms with E-state index >= 15 is 0 Å². The maximum Gasteiger partial charge on any atom is 0.323 e. The van der Waals surface area contributed by atoms with Crippen LogP contribution in [0.2, 0.25) is 0 Å². The molecular weight excluding hydrogens is 230 g/mol. The van der Waals surface area contributed by atoms with Crippen molar-refractivity contribution < 1.29 is 4.74 Å². The second kappa shape index (κ2) is 7.68. The van der Waals surface area contributed by atoms with E-state index < -0.39 is 0 Å². The minimum Gasteiger partial charge on any atom is -0.463 e. The molecule has 0 aliphatic heterocycles. The van der Waals surface area contributed by atoms with Crippen molar-refractivity contribution in [2.75, 3.05) is 37.0 Å². The molecule has 0 saturated heterocycles. The minimum absolute atomic E-state index is 0.390. The average molecular weight is 253 g/mol. The number of nitrogens with one attached hydrogen (secondary N) is 1. The molecule has 1 rings (SSSR count). The van der Waals surface area contributed by atoms with E-state index in [0.717, 1.165) is 25.9 Å². The molecule has 18 heavy (non-hydrogen) atoms. The van der Waals surface area contributed by atoms with Crippen molar-refractivity contribution >= 4 is 11.9 Å². The van der Waals surface area contributed by atoms with E-state index in [-0.39, 0.29) is 0 Å². The van der Waals surface area contributed by atoms with E-state index in [4.69, 9.17) is 4.74 Å². The number of aromatic nitrogens is 3. The van der Waals surface area contributed by atoms with E-state index in [1.165, 1.54) is 0 Å². The Labute approximate surface area is 109 Å². The number of hydrogen-bond donors (Lipinski definition) is 1. The first-order valence-electron chi connectivity index (χ1n) is 6.55. The quantitative estimate of drug-likeness (QED) is 0.764. The van der Waals surface area contributed by atoms with E-state index in [9.17, 15) is 0 Å². The summed E-state index contributed by atoms with van der Waals surface area (Å²) in [5.74, 6) is 1.21. The molecule has 1 heterocycles. The monoisotopic (exact) mass is 253 g/mol. The predicted molar refractivity (Wildman–Crippen MR) is 73.3 cm³/mol. The summed E-state index contributed by atoms with van der Waals surface area (Å²) in [7, 11) is 1.95. The molecule has 1 aromatic rings. The minimum atomic E-state index is 0.390. The highest BCUT2D eigenvalue weighted by molar-refractivity contribution is 5.37. The Morgan fingerprint density at radius 2 is 1.89 bits per heavy atom. The van der Waals surface area contributed by atoms with Crippen LogP contribution >= 0.6 is 0 Å². The molecule has 0 aliphatic rings. The fraction of sp³-hybridized carbons (Fsp3) is 0.750. The molecule has 0 fully saturated rings. The van der Waals surface area contributed by atoms with Crippen LogP contribution in [-0.2, 0) is 0 Å². The van der Waals surface area contributed by atoms with Crippen LogP contribution in [0, 0.1) is 0 Å². The van der Waals surface area contributed by atoms with Gasteiger partial charge in [0.1, 0.15) is 0 Å². The van der Waals surface area contributed by atoms with Crippen molar-refractivity contribution in [3.63, 3.8) is 0 Å². The number of ether oxygens (including phenoxy) is 1. The fourth-order valence-electron chi connectivity index (χ4n) is 1.23. The van der Waals surface area contributed by atoms with Crippen LogP contribution in [0.3, 0.4) is 0 Å². The average Bonchev–Trinajstić information content (AvgIpc) is 2.41. The van der Waals surface area contributed by atoms with E-state index in [1.807, 2.05) is 11.9 Å². The van der Waals surface area contributed by atoms with Gasteiger partial charge in [0.25, 0.3) is 0 Å². The van der Waals surface area contributed by atoms with Crippen LogP contribution in [-0.4, -0.2) is 41.7 Å². The molecule has 0 aliphatic carbocycles. The molecule has 6 heteroatoms. The third-order valence-corrected chi connectivity index (χ3v) is 2.39. The molecule has 0 aromatic carbocycles. The van der Waals surface area contributed by atoms with Gasteiger partial charge in [-0.25, -0.2) is 0 Å². The number of rotatable bonds is 8. The summed E-state index contributed by atoms with van der Waals surface area (Å²) in [5.41, 5.74) is 0. The fourth-order valence-corrected chi connectivity index (χ4v) is 1.23. The first-order chi connectivity index (χ1) is 8.71. The Morgan fingerprint density at radius 1 is 1.11 bits per heavy atom. The molecule has 0 radical (unpaired) electrons. The van der Waals surface area contributed by atoms with Gasteiger partial charge in [-0.15, -0.1) is 0 Å². The Morgan fingerprint density at radius 3 is 2.50 bits per heavy atom. The second-order valence-corrected chi connectivity index (χ2v) is 4.03. The summed E-state index contributed by atoms with van der Waals surface area (Å²) >= 11 is 0. The standard InChI is InChI=1S/C12H23N5O/c1-5-8-13-10-14-11(17(4)7-3)16-12(15-10)18-9-6-2/h5-9H2,1-4H3,(H,13,14,15,16). The number of hydrogen-bond acceptors (Lipinski definition) is 6. The van der Waals surface area contributed by atoms with E-state index in [0.29, 0.717) is 24.5 Å². The van der Waals surface area contributed by atoms with Gasteiger partial charge in [-0.05, 0) is 19.8 Å². The lowest BCUT2D eigenvalue weighted by Gasteiger charge is -2.16. The SMILES string of the molecule is CCCNc1nc(OCCC)nc(N(C)CC)n1. The van der Waals surface area contributed by atoms with Crippen LogP contribution in [0.4, 0.5) is 11.9 Å². The van der Waals surface area contributed by atoms with Crippen LogP contribution in [0.1, 0.15) is 33.6 Å². The highest BCUT2D eigenvalue weighted by Crippen LogP contribution is 2.14. The van der Waals surface area contributed by atoms with E-state index in [1.54, 1.807) is 0 Å². The van der Waals surface area contributed by atoms with E-state index in [2.05, 4.69) is 41.0 Å². The lowest BCUT2D eigenvalue weighted by Crippen LogP contribution is -2.20. The Bertz CT molecular complexity index is 332. The highest BCUT2D eigenvalue weighted by Gasteiger charge is 2.09. The zero-order chi connectivity index (χ0) is 13.4. The van der Waals surface area contributed by atoms with Gasteiger partial charge in [0.15, 0.2) is 0 Å². The maximum absolute atomic E-state index is 5.48. The van der Waals surface area contributed by atoms with Crippen LogP contribution in [0.15, 0.2) is 0 Å². The largest absolute Gasteiger partial charge is 0.463 e. The third kappa shape index (κ3) is 4.35. The van der Waals surface area contributed by atoms with Gasteiger partial charge in [-0.1, -0.05) is 13.8 Å². The number of nitrogens with zero attached hydrogens (tertiary/aromatic N) is 4. The van der Waals surface area contributed by atoms with Crippen molar-refractivity contribution in [2.45, 2.75) is 33.6 Å². The summed E-state index contributed by atoms with van der Waals surface area (Å²) in [5, 5.41) is 3.16. The molecule has 1 aromatic heterocycles. The third-order valence-electron chi connectivity index (χ3n) is 2.39. The smallest absolute Gasteiger partial charge is 0.323 e. The normalized spacial score (nSPS) is 10.2. The summed E-state index contributed by atoms with van der Waals surface area (Å²) in [4.78, 5) is 14.9. The van der Waals surface area contributed by atoms with Gasteiger partial charge in [0, 0.05) is 20.1 Å². The molecule has 0 saturated carbocycles. The molecule has 6 nitrogen and oxygen atoms in total. The van der Waals surface area contributed by atoms with Crippen LogP contribution in [0.25, 0.3) is 0 Å². The lowest BCUT2D eigenvalue weighted by molar-refractivity contribution is 0.292. The summed E-state index contributed by atoms with van der Waals surface area (Å²) in [6.45, 7) is 8.50. The molecule has 102 valence electrons. The topological polar surface area (TPSA) is 63.2 Å². The van der Waals surface area contributed by atoms with Crippen LogP contribution < -0.4 is 15.0 Å². The van der Waals surface area contributed by atoms with Gasteiger partial charge in [0.05, 0.1) is 6.61 Å². The Kier molecular flexibility index (Phi) is 6.18. The second-order valence-electron chi connectivity index (χ2n) is 4.03. The summed E-state index contributed by atoms with van der Waals surface area (Å²) < 4.78 is 5.48. The molecule has 0 spiro atoms. The van der Waals surface area contributed by atoms with Crippen molar-refractivity contribution in [1.82, 2.24) is 15.0 Å². The van der Waals surface area contributed by atoms with Gasteiger partial charge >= 0.3 is 6.01 Å². The number of anilines is 2. The molecule has 0 bridgehead atoms. The highest BCUT2D eigenvalue weighted by atomic mass is 16.5. The van der Waals surface area contributed by atoms with Crippen molar-refractivity contribution in [3.05, 3.63) is 0 Å². The lowest BCUT2D eigenvalue weighted by atomic mass is 10.5. The van der Waals surface area contributed by atoms with Gasteiger partial charge in [-0.3, -0.25) is 0 Å². The molecule has 0 amide bonds. The predicted octanol–water partition coefficient (Wildman–Crippen LogP) is 1.94. The van der Waals surface area contributed by atoms with Gasteiger partial charge in [0.2, 0.25) is 11.9 Å². The first kappa shape index (κ1) is 14.5. The first-order valence-corrected chi connectivity index (χ1v) is 6.55. The summed E-state index contributed by atoms with van der Waals surface area (Å²) in [6, 6.07) is 0.390. The zero-order valence-electron chi connectivity index (χ0n) is 11.7. The van der Waals surface area contributed by atoms with Crippen LogP contribution in [0.5, 0.6) is 6.01 Å². The van der Waals surface area contributed by atoms with Gasteiger partial charge < -0.3 is 15.0 Å². The van der Waals surface area contributed by atoms with Crippen molar-refractivity contribution in [3.8, 4) is 6.01 Å². The zero-order valence-corrected chi connectivity index (χ0v) is 11.7. The molecular formula is C12H23N5O. The van der Waals surface area contributed by atoms with Crippen molar-refractivity contribution in [1.29, 1.82) is 0 Å². The van der Waals surface area contributed by atoms with Gasteiger partial charge in [-0.2, -0.15) is 15.0 Å². The molecule has 0 unspecified atom stereocenters. The maximum atomic E-state index is 5.48. The Balaban J connectivity index is 2.88. The molecule has 1 N–H and O–H groups in total. The molecule has 0 atom stereocenters. The summed E-state index contributed by atoms with van der Waals surface area (Å²) in [6.07, 6.45) is 1.96. The van der Waals surface area contributed by atoms with Crippen molar-refractivity contribution in [2.24, 2.45) is 0 Å².